The molecule has 0 unspecified atom stereocenters. The van der Waals surface area contributed by atoms with E-state index in [0.29, 0.717) is 0 Å². The number of aryl methyl sites for hydroxylation is 1. The van der Waals surface area contributed by atoms with E-state index in [1.807, 2.05) is 0 Å². The van der Waals surface area contributed by atoms with Gasteiger partial charge >= 0.3 is 7.25 Å². The first-order chi connectivity index (χ1) is 25.3. The van der Waals surface area contributed by atoms with Gasteiger partial charge in [-0.05, 0) is 59.7 Å². The summed E-state index contributed by atoms with van der Waals surface area (Å²) in [5, 5.41) is 8.39. The Balaban J connectivity index is 0.000000209. The largest absolute Gasteiger partial charge is 0.673 e. The molecule has 0 N–H and O–H groups in total. The Morgan fingerprint density at radius 3 is 0.679 bits per heavy atom. The molecule has 0 saturated heterocycles. The van der Waals surface area contributed by atoms with Gasteiger partial charge in [-0.15, -0.1) is 0 Å². The van der Waals surface area contributed by atoms with Crippen molar-refractivity contribution in [2.24, 2.45) is 0 Å². The van der Waals surface area contributed by atoms with Gasteiger partial charge in [0.05, 0.1) is 0 Å². The van der Waals surface area contributed by atoms with E-state index in [-0.39, 0.29) is 20.1 Å². The molecule has 0 nitrogen and oxygen atoms in total. The van der Waals surface area contributed by atoms with Crippen molar-refractivity contribution in [2.75, 3.05) is 0 Å². The molecule has 0 saturated carbocycles. The summed E-state index contributed by atoms with van der Waals surface area (Å²) in [6.45, 7) is 2.20. The second kappa shape index (κ2) is 24.2. The van der Waals surface area contributed by atoms with Crippen molar-refractivity contribution >= 4 is 54.9 Å². The molecule has 53 heavy (non-hydrogen) atoms. The Kier molecular flexibility index (Phi) is 19.8. The third-order valence-electron chi connectivity index (χ3n) is 7.47. The summed E-state index contributed by atoms with van der Waals surface area (Å²) < 4.78 is 39.0. The zero-order chi connectivity index (χ0) is 36.9. The number of hydrogen-bond donors (Lipinski definition) is 0. The van der Waals surface area contributed by atoms with Crippen LogP contribution >= 0.6 is 15.8 Å². The molecule has 1 radical (unpaired) electrons. The van der Waals surface area contributed by atoms with E-state index in [1.165, 1.54) is 50.2 Å². The van der Waals surface area contributed by atoms with E-state index in [0.717, 1.165) is 0 Å². The summed E-state index contributed by atoms with van der Waals surface area (Å²) in [6, 6.07) is 75.2. The number of rotatable bonds is 8. The van der Waals surface area contributed by atoms with Crippen LogP contribution in [0.5, 0.6) is 0 Å². The van der Waals surface area contributed by atoms with E-state index in [9.17, 15) is 17.3 Å². The molecule has 7 rings (SSSR count). The molecule has 0 spiro atoms. The maximum atomic E-state index is 9.75. The predicted octanol–water partition coefficient (Wildman–Crippen LogP) is 10.8. The molecule has 0 bridgehead atoms. The molecule has 0 amide bonds. The second-order valence-electron chi connectivity index (χ2n) is 11.4. The summed E-state index contributed by atoms with van der Waals surface area (Å²) in [4.78, 5) is 0. The van der Waals surface area contributed by atoms with Gasteiger partial charge in [-0.2, -0.15) is 0 Å². The Bertz CT molecular complexity index is 1610. The molecular formula is C45H42BF4IrP2-. The van der Waals surface area contributed by atoms with Crippen LogP contribution in [0.3, 0.4) is 0 Å². The van der Waals surface area contributed by atoms with Gasteiger partial charge in [0.2, 0.25) is 0 Å². The fraction of sp³-hybridized carbons (Fsp3) is 0.0667. The number of hydrogen-bond acceptors (Lipinski definition) is 0. The summed E-state index contributed by atoms with van der Waals surface area (Å²) >= 11 is 0. The van der Waals surface area contributed by atoms with Crippen molar-refractivity contribution in [3.05, 3.63) is 218 Å². The van der Waals surface area contributed by atoms with Crippen LogP contribution < -0.4 is 31.8 Å². The first-order valence-electron chi connectivity index (χ1n) is 17.1. The van der Waals surface area contributed by atoms with Crippen molar-refractivity contribution < 1.29 is 37.4 Å². The van der Waals surface area contributed by atoms with Crippen LogP contribution in [0.2, 0.25) is 0 Å². The Morgan fingerprint density at radius 1 is 0.340 bits per heavy atom. The molecular weight excluding hydrogens is 881 g/mol. The Morgan fingerprint density at radius 2 is 0.509 bits per heavy atom. The van der Waals surface area contributed by atoms with E-state index >= 15 is 0 Å². The quantitative estimate of drug-likeness (QED) is 0.0809. The van der Waals surface area contributed by atoms with E-state index in [4.69, 9.17) is 0 Å². The normalized spacial score (nSPS) is 10.3. The van der Waals surface area contributed by atoms with Crippen LogP contribution in [0, 0.1) is 0 Å². The van der Waals surface area contributed by atoms with Crippen molar-refractivity contribution in [2.45, 2.75) is 19.8 Å². The van der Waals surface area contributed by atoms with Gasteiger partial charge in [-0.1, -0.05) is 226 Å². The maximum absolute atomic E-state index is 9.75. The molecule has 273 valence electrons. The van der Waals surface area contributed by atoms with Crippen LogP contribution in [0.1, 0.15) is 18.9 Å². The van der Waals surface area contributed by atoms with Gasteiger partial charge in [0.1, 0.15) is 0 Å². The van der Waals surface area contributed by atoms with Crippen LogP contribution in [0.4, 0.5) is 17.3 Å². The van der Waals surface area contributed by atoms with E-state index < -0.39 is 23.1 Å². The predicted molar refractivity (Wildman–Crippen MR) is 221 cm³/mol. The minimum absolute atomic E-state index is 0. The average Bonchev–Trinajstić information content (AvgIpc) is 3.18. The van der Waals surface area contributed by atoms with Crippen molar-refractivity contribution in [1.29, 1.82) is 0 Å². The van der Waals surface area contributed by atoms with E-state index in [2.05, 4.69) is 219 Å². The maximum Gasteiger partial charge on any atom is 0.673 e. The average molecular weight is 924 g/mol. The van der Waals surface area contributed by atoms with Crippen molar-refractivity contribution in [1.82, 2.24) is 0 Å². The minimum Gasteiger partial charge on any atom is -0.418 e. The topological polar surface area (TPSA) is 0 Å². The summed E-state index contributed by atoms with van der Waals surface area (Å²) in [5.74, 6) is 0. The SMILES string of the molecule is CCCc1ccccc1.F[B-](F)(F)F.[Ir].c1ccc(P(c2ccccc2)c2ccccc2)cc1.c1ccc(P(c2ccccc2)c2ccccc2)cc1. The fourth-order valence-corrected chi connectivity index (χ4v) is 9.90. The molecule has 7 aromatic rings. The molecule has 8 heteroatoms. The monoisotopic (exact) mass is 924 g/mol. The first-order valence-corrected chi connectivity index (χ1v) is 19.8. The second-order valence-corrected chi connectivity index (χ2v) is 15.9. The smallest absolute Gasteiger partial charge is 0.418 e. The van der Waals surface area contributed by atoms with Crippen molar-refractivity contribution in [3.8, 4) is 0 Å². The molecule has 0 heterocycles. The van der Waals surface area contributed by atoms with Gasteiger partial charge in [-0.25, -0.2) is 0 Å². The van der Waals surface area contributed by atoms with Crippen LogP contribution in [0.15, 0.2) is 212 Å². The molecule has 0 fully saturated rings. The summed E-state index contributed by atoms with van der Waals surface area (Å²) in [6.07, 6.45) is 2.45. The van der Waals surface area contributed by atoms with Gasteiger partial charge in [0, 0.05) is 20.1 Å². The zero-order valence-corrected chi connectivity index (χ0v) is 33.6. The first kappa shape index (κ1) is 43.2. The molecule has 0 aromatic heterocycles. The standard InChI is InChI=1S/2C18H15P.C9H12.BF4.Ir/c2*1-4-10-16(11-5-1)19(17-12-6-2-7-13-17)18-14-8-3-9-15-18;1-2-6-9-7-4-3-5-8-9;2-1(3,4)5;/h2*1-15H;3-5,7-8H,2,6H2,1H3;;/q;;;-1;. The zero-order valence-electron chi connectivity index (χ0n) is 29.4. The Hall–Kier alpha value is -4.17. The molecule has 0 aliphatic rings. The molecule has 0 aliphatic carbocycles. The molecule has 7 aromatic carbocycles. The minimum atomic E-state index is -6.00. The molecule has 0 aliphatic heterocycles. The van der Waals surface area contributed by atoms with Gasteiger partial charge < -0.3 is 17.3 Å². The number of benzene rings is 7. The third kappa shape index (κ3) is 16.2. The number of halogens is 4. The van der Waals surface area contributed by atoms with Crippen LogP contribution in [0.25, 0.3) is 0 Å². The fourth-order valence-electron chi connectivity index (χ4n) is 5.29. The van der Waals surface area contributed by atoms with Crippen molar-refractivity contribution in [3.63, 3.8) is 0 Å². The molecule has 0 atom stereocenters. The summed E-state index contributed by atoms with van der Waals surface area (Å²) in [5.41, 5.74) is 1.44. The summed E-state index contributed by atoms with van der Waals surface area (Å²) in [7, 11) is -6.89. The van der Waals surface area contributed by atoms with Gasteiger partial charge in [0.25, 0.3) is 0 Å². The Labute approximate surface area is 328 Å². The van der Waals surface area contributed by atoms with E-state index in [1.54, 1.807) is 0 Å². The van der Waals surface area contributed by atoms with Gasteiger partial charge in [0.15, 0.2) is 0 Å². The van der Waals surface area contributed by atoms with Gasteiger partial charge in [-0.3, -0.25) is 0 Å². The third-order valence-corrected chi connectivity index (χ3v) is 12.4. The van der Waals surface area contributed by atoms with Crippen LogP contribution in [-0.4, -0.2) is 7.25 Å². The van der Waals surface area contributed by atoms with Crippen LogP contribution in [-0.2, 0) is 26.5 Å².